The number of nitrogens with zero attached hydrogens (tertiary/aromatic N) is 1. The Morgan fingerprint density at radius 2 is 1.70 bits per heavy atom. The number of alkyl halides is 3. The minimum absolute atomic E-state index is 0. The molecule has 0 aliphatic heterocycles. The SMILES string of the molecule is CN=C(NCCOCc1ccccc1)NCc1cccc(C(F)(F)F)c1.I. The average Bonchev–Trinajstić information content (AvgIpc) is 2.64. The lowest BCUT2D eigenvalue weighted by Gasteiger charge is -2.13. The number of hydrogen-bond acceptors (Lipinski definition) is 2. The van der Waals surface area contributed by atoms with Gasteiger partial charge in [-0.2, -0.15) is 13.2 Å². The number of benzene rings is 2. The summed E-state index contributed by atoms with van der Waals surface area (Å²) in [6.45, 7) is 1.79. The number of halogens is 4. The van der Waals surface area contributed by atoms with E-state index in [0.717, 1.165) is 17.7 Å². The second kappa shape index (κ2) is 11.8. The second-order valence-corrected chi connectivity index (χ2v) is 5.59. The van der Waals surface area contributed by atoms with Crippen molar-refractivity contribution in [2.24, 2.45) is 4.99 Å². The molecule has 0 bridgehead atoms. The van der Waals surface area contributed by atoms with Crippen LogP contribution in [0.1, 0.15) is 16.7 Å². The Hall–Kier alpha value is -1.81. The summed E-state index contributed by atoms with van der Waals surface area (Å²) in [6.07, 6.45) is -4.34. The fraction of sp³-hybridized carbons (Fsp3) is 0.316. The van der Waals surface area contributed by atoms with Crippen LogP contribution in [-0.2, 0) is 24.1 Å². The molecule has 2 aromatic carbocycles. The Morgan fingerprint density at radius 1 is 1.00 bits per heavy atom. The highest BCUT2D eigenvalue weighted by atomic mass is 127. The van der Waals surface area contributed by atoms with E-state index in [2.05, 4.69) is 15.6 Å². The number of nitrogens with one attached hydrogen (secondary N) is 2. The van der Waals surface area contributed by atoms with Crippen molar-refractivity contribution >= 4 is 29.9 Å². The van der Waals surface area contributed by atoms with E-state index in [1.165, 1.54) is 6.07 Å². The summed E-state index contributed by atoms with van der Waals surface area (Å²) in [4.78, 5) is 4.05. The van der Waals surface area contributed by atoms with Crippen molar-refractivity contribution in [1.29, 1.82) is 0 Å². The molecule has 2 aromatic rings. The molecule has 0 saturated heterocycles. The van der Waals surface area contributed by atoms with Gasteiger partial charge in [-0.15, -0.1) is 24.0 Å². The van der Waals surface area contributed by atoms with Crippen LogP contribution in [0.15, 0.2) is 59.6 Å². The van der Waals surface area contributed by atoms with Gasteiger partial charge in [-0.1, -0.05) is 42.5 Å². The van der Waals surface area contributed by atoms with Crippen molar-refractivity contribution in [3.63, 3.8) is 0 Å². The maximum Gasteiger partial charge on any atom is 0.416 e. The molecule has 0 aliphatic carbocycles. The van der Waals surface area contributed by atoms with Crippen LogP contribution >= 0.6 is 24.0 Å². The molecule has 0 amide bonds. The molecule has 0 unspecified atom stereocenters. The van der Waals surface area contributed by atoms with Crippen LogP contribution in [0.3, 0.4) is 0 Å². The van der Waals surface area contributed by atoms with Crippen LogP contribution in [0.5, 0.6) is 0 Å². The Bertz CT molecular complexity index is 709. The molecular formula is C19H23F3IN3O. The first-order chi connectivity index (χ1) is 12.5. The first-order valence-corrected chi connectivity index (χ1v) is 8.21. The van der Waals surface area contributed by atoms with Gasteiger partial charge in [0.25, 0.3) is 0 Å². The monoisotopic (exact) mass is 493 g/mol. The van der Waals surface area contributed by atoms with E-state index < -0.39 is 11.7 Å². The van der Waals surface area contributed by atoms with Crippen molar-refractivity contribution in [3.8, 4) is 0 Å². The minimum atomic E-state index is -4.34. The molecule has 0 aliphatic rings. The average molecular weight is 493 g/mol. The zero-order valence-electron chi connectivity index (χ0n) is 14.9. The van der Waals surface area contributed by atoms with Crippen molar-refractivity contribution in [2.75, 3.05) is 20.2 Å². The standard InChI is InChI=1S/C19H22F3N3O.HI/c1-23-18(24-10-11-26-14-15-6-3-2-4-7-15)25-13-16-8-5-9-17(12-16)19(20,21)22;/h2-9,12H,10-11,13-14H2,1H3,(H2,23,24,25);1H. The van der Waals surface area contributed by atoms with Crippen LogP contribution in [0.4, 0.5) is 13.2 Å². The normalized spacial score (nSPS) is 11.6. The zero-order chi connectivity index (χ0) is 18.8. The number of guanidine groups is 1. The molecule has 0 saturated carbocycles. The predicted octanol–water partition coefficient (Wildman–Crippen LogP) is 4.21. The Balaban J connectivity index is 0.00000364. The lowest BCUT2D eigenvalue weighted by Crippen LogP contribution is -2.38. The van der Waals surface area contributed by atoms with E-state index in [9.17, 15) is 13.2 Å². The van der Waals surface area contributed by atoms with E-state index >= 15 is 0 Å². The van der Waals surface area contributed by atoms with Crippen LogP contribution in [0.2, 0.25) is 0 Å². The minimum Gasteiger partial charge on any atom is -0.375 e. The molecule has 0 radical (unpaired) electrons. The molecular weight excluding hydrogens is 470 g/mol. The van der Waals surface area contributed by atoms with Gasteiger partial charge in [0.05, 0.1) is 18.8 Å². The van der Waals surface area contributed by atoms with E-state index in [1.807, 2.05) is 30.3 Å². The van der Waals surface area contributed by atoms with Gasteiger partial charge in [-0.05, 0) is 23.3 Å². The van der Waals surface area contributed by atoms with Crippen LogP contribution in [0, 0.1) is 0 Å². The third-order valence-electron chi connectivity index (χ3n) is 3.59. The summed E-state index contributed by atoms with van der Waals surface area (Å²) < 4.78 is 43.7. The zero-order valence-corrected chi connectivity index (χ0v) is 17.3. The van der Waals surface area contributed by atoms with Crippen molar-refractivity contribution in [2.45, 2.75) is 19.3 Å². The molecule has 0 fully saturated rings. The lowest BCUT2D eigenvalue weighted by molar-refractivity contribution is -0.137. The van der Waals surface area contributed by atoms with Gasteiger partial charge in [0.15, 0.2) is 5.96 Å². The lowest BCUT2D eigenvalue weighted by atomic mass is 10.1. The highest BCUT2D eigenvalue weighted by Gasteiger charge is 2.30. The summed E-state index contributed by atoms with van der Waals surface area (Å²) in [5.41, 5.74) is 0.969. The summed E-state index contributed by atoms with van der Waals surface area (Å²) >= 11 is 0. The Labute approximate surface area is 174 Å². The molecule has 0 atom stereocenters. The van der Waals surface area contributed by atoms with E-state index in [-0.39, 0.29) is 30.5 Å². The van der Waals surface area contributed by atoms with Crippen LogP contribution in [-0.4, -0.2) is 26.2 Å². The van der Waals surface area contributed by atoms with Crippen molar-refractivity contribution in [1.82, 2.24) is 10.6 Å². The third-order valence-corrected chi connectivity index (χ3v) is 3.59. The Kier molecular flexibility index (Phi) is 10.2. The molecule has 148 valence electrons. The Morgan fingerprint density at radius 3 is 2.37 bits per heavy atom. The van der Waals surface area contributed by atoms with E-state index in [4.69, 9.17) is 4.74 Å². The van der Waals surface area contributed by atoms with Gasteiger partial charge in [0, 0.05) is 20.1 Å². The maximum atomic E-state index is 12.7. The topological polar surface area (TPSA) is 45.7 Å². The molecule has 27 heavy (non-hydrogen) atoms. The maximum absolute atomic E-state index is 12.7. The largest absolute Gasteiger partial charge is 0.416 e. The van der Waals surface area contributed by atoms with Crippen LogP contribution < -0.4 is 10.6 Å². The molecule has 0 heterocycles. The molecule has 0 spiro atoms. The first kappa shape index (κ1) is 23.2. The molecule has 2 rings (SSSR count). The third kappa shape index (κ3) is 8.61. The van der Waals surface area contributed by atoms with Crippen molar-refractivity contribution in [3.05, 3.63) is 71.3 Å². The van der Waals surface area contributed by atoms with Crippen LogP contribution in [0.25, 0.3) is 0 Å². The predicted molar refractivity (Wildman–Crippen MR) is 111 cm³/mol. The second-order valence-electron chi connectivity index (χ2n) is 5.59. The van der Waals surface area contributed by atoms with E-state index in [0.29, 0.717) is 31.3 Å². The molecule has 0 aromatic heterocycles. The van der Waals surface area contributed by atoms with Gasteiger partial charge < -0.3 is 15.4 Å². The quantitative estimate of drug-likeness (QED) is 0.263. The van der Waals surface area contributed by atoms with Gasteiger partial charge >= 0.3 is 6.18 Å². The molecule has 8 heteroatoms. The fourth-order valence-corrected chi connectivity index (χ4v) is 2.27. The van der Waals surface area contributed by atoms with Crippen molar-refractivity contribution < 1.29 is 17.9 Å². The summed E-state index contributed by atoms with van der Waals surface area (Å²) in [7, 11) is 1.60. The van der Waals surface area contributed by atoms with Gasteiger partial charge in [-0.25, -0.2) is 0 Å². The number of hydrogen-bond donors (Lipinski definition) is 2. The van der Waals surface area contributed by atoms with Gasteiger partial charge in [-0.3, -0.25) is 4.99 Å². The number of aliphatic imine (C=N–C) groups is 1. The van der Waals surface area contributed by atoms with E-state index in [1.54, 1.807) is 13.1 Å². The fourth-order valence-electron chi connectivity index (χ4n) is 2.27. The molecule has 2 N–H and O–H groups in total. The smallest absolute Gasteiger partial charge is 0.375 e. The number of rotatable bonds is 7. The van der Waals surface area contributed by atoms with Gasteiger partial charge in [0.2, 0.25) is 0 Å². The van der Waals surface area contributed by atoms with Gasteiger partial charge in [0.1, 0.15) is 0 Å². The number of ether oxygens (including phenoxy) is 1. The summed E-state index contributed by atoms with van der Waals surface area (Å²) in [5.74, 6) is 0.505. The highest BCUT2D eigenvalue weighted by molar-refractivity contribution is 14.0. The first-order valence-electron chi connectivity index (χ1n) is 8.21. The molecule has 4 nitrogen and oxygen atoms in total. The summed E-state index contributed by atoms with van der Waals surface area (Å²) in [6, 6.07) is 15.1. The highest BCUT2D eigenvalue weighted by Crippen LogP contribution is 2.29. The summed E-state index contributed by atoms with van der Waals surface area (Å²) in [5, 5.41) is 6.05.